The van der Waals surface area contributed by atoms with E-state index in [2.05, 4.69) is 9.97 Å². The average Bonchev–Trinajstić information content (AvgIpc) is 2.97. The summed E-state index contributed by atoms with van der Waals surface area (Å²) in [5.41, 5.74) is 2.51. The van der Waals surface area contributed by atoms with Gasteiger partial charge in [0.15, 0.2) is 5.78 Å². The second kappa shape index (κ2) is 7.96. The third-order valence-corrected chi connectivity index (χ3v) is 5.52. The molecule has 0 atom stereocenters. The van der Waals surface area contributed by atoms with Crippen LogP contribution in [-0.4, -0.2) is 33.6 Å². The first-order valence-electron chi connectivity index (χ1n) is 8.91. The Morgan fingerprint density at radius 2 is 1.81 bits per heavy atom. The van der Waals surface area contributed by atoms with Crippen molar-refractivity contribution in [3.63, 3.8) is 0 Å². The fourth-order valence-electron chi connectivity index (χ4n) is 3.12. The Morgan fingerprint density at radius 1 is 1.07 bits per heavy atom. The van der Waals surface area contributed by atoms with Crippen LogP contribution in [0.25, 0.3) is 10.9 Å². The molecule has 5 nitrogen and oxygen atoms in total. The van der Waals surface area contributed by atoms with Crippen molar-refractivity contribution in [2.24, 2.45) is 0 Å². The summed E-state index contributed by atoms with van der Waals surface area (Å²) in [6.45, 7) is 6.20. The van der Waals surface area contributed by atoms with Gasteiger partial charge in [-0.1, -0.05) is 18.2 Å². The number of benzene rings is 1. The molecular weight excluding hydrogens is 358 g/mol. The number of Topliss-reactive ketones (excluding diaryl/α,β-unsaturated/α-hetero) is 1. The van der Waals surface area contributed by atoms with Crippen LogP contribution in [0.1, 0.15) is 44.5 Å². The number of nitrogens with zero attached hydrogens (tertiary/aromatic N) is 3. The first-order valence-corrected chi connectivity index (χ1v) is 9.73. The second-order valence-electron chi connectivity index (χ2n) is 6.74. The number of hydrogen-bond acceptors (Lipinski definition) is 5. The number of fused-ring (bicyclic) bond motifs is 1. The Morgan fingerprint density at radius 3 is 2.52 bits per heavy atom. The maximum atomic E-state index is 12.4. The molecule has 0 bridgehead atoms. The van der Waals surface area contributed by atoms with Crippen molar-refractivity contribution < 1.29 is 9.59 Å². The van der Waals surface area contributed by atoms with E-state index in [1.54, 1.807) is 23.3 Å². The Bertz CT molecular complexity index is 1010. The SMILES string of the molecule is Cc1cc(C(=O)CCC(=O)N(C)Cc2nc(C)c3ccccc3n2)c(C)s1. The largest absolute Gasteiger partial charge is 0.338 e. The van der Waals surface area contributed by atoms with Crippen molar-refractivity contribution in [3.8, 4) is 0 Å². The fourth-order valence-corrected chi connectivity index (χ4v) is 4.06. The summed E-state index contributed by atoms with van der Waals surface area (Å²) in [5.74, 6) is 0.552. The monoisotopic (exact) mass is 381 g/mol. The molecule has 3 aromatic rings. The van der Waals surface area contributed by atoms with Crippen LogP contribution in [0.4, 0.5) is 0 Å². The predicted octanol–water partition coefficient (Wildman–Crippen LogP) is 4.24. The molecule has 140 valence electrons. The Balaban J connectivity index is 1.62. The molecule has 2 heterocycles. The minimum Gasteiger partial charge on any atom is -0.338 e. The van der Waals surface area contributed by atoms with Crippen molar-refractivity contribution in [1.29, 1.82) is 0 Å². The number of carbonyl (C=O) groups excluding carboxylic acids is 2. The lowest BCUT2D eigenvalue weighted by Crippen LogP contribution is -2.27. The van der Waals surface area contributed by atoms with Crippen LogP contribution in [0.15, 0.2) is 30.3 Å². The number of aryl methyl sites for hydroxylation is 3. The predicted molar refractivity (Wildman–Crippen MR) is 108 cm³/mol. The Labute approximate surface area is 163 Å². The highest BCUT2D eigenvalue weighted by molar-refractivity contribution is 7.12. The van der Waals surface area contributed by atoms with Gasteiger partial charge in [-0.3, -0.25) is 9.59 Å². The summed E-state index contributed by atoms with van der Waals surface area (Å²) in [5, 5.41) is 1.02. The molecule has 0 aliphatic carbocycles. The maximum absolute atomic E-state index is 12.4. The highest BCUT2D eigenvalue weighted by atomic mass is 32.1. The number of para-hydroxylation sites is 1. The van der Waals surface area contributed by atoms with E-state index in [-0.39, 0.29) is 24.5 Å². The summed E-state index contributed by atoms with van der Waals surface area (Å²) in [6, 6.07) is 9.74. The van der Waals surface area contributed by atoms with Crippen LogP contribution in [0, 0.1) is 20.8 Å². The zero-order chi connectivity index (χ0) is 19.6. The van der Waals surface area contributed by atoms with Gasteiger partial charge in [0.05, 0.1) is 12.1 Å². The lowest BCUT2D eigenvalue weighted by molar-refractivity contribution is -0.130. The summed E-state index contributed by atoms with van der Waals surface area (Å²) in [6.07, 6.45) is 0.411. The molecule has 0 spiro atoms. The number of carbonyl (C=O) groups is 2. The van der Waals surface area contributed by atoms with E-state index < -0.39 is 0 Å². The van der Waals surface area contributed by atoms with Crippen molar-refractivity contribution in [3.05, 3.63) is 57.2 Å². The molecule has 0 aliphatic heterocycles. The summed E-state index contributed by atoms with van der Waals surface area (Å²) >= 11 is 1.61. The number of amides is 1. The summed E-state index contributed by atoms with van der Waals surface area (Å²) in [7, 11) is 1.72. The molecule has 3 rings (SSSR count). The highest BCUT2D eigenvalue weighted by Gasteiger charge is 2.17. The topological polar surface area (TPSA) is 63.2 Å². The second-order valence-corrected chi connectivity index (χ2v) is 8.20. The summed E-state index contributed by atoms with van der Waals surface area (Å²) < 4.78 is 0. The lowest BCUT2D eigenvalue weighted by atomic mass is 10.1. The molecule has 0 saturated heterocycles. The zero-order valence-electron chi connectivity index (χ0n) is 16.1. The van der Waals surface area contributed by atoms with Gasteiger partial charge in [-0.2, -0.15) is 0 Å². The third kappa shape index (κ3) is 4.39. The molecule has 0 N–H and O–H groups in total. The minimum absolute atomic E-state index is 0.0244. The Kier molecular flexibility index (Phi) is 5.65. The normalized spacial score (nSPS) is 11.0. The molecule has 0 saturated carbocycles. The van der Waals surface area contributed by atoms with Crippen molar-refractivity contribution in [2.75, 3.05) is 7.05 Å². The molecule has 0 unspecified atom stereocenters. The standard InChI is InChI=1S/C21H23N3O2S/c1-13-11-17(15(3)27-13)19(25)9-10-21(26)24(4)12-20-22-14(2)16-7-5-6-8-18(16)23-20/h5-8,11H,9-10,12H2,1-4H3. The van der Waals surface area contributed by atoms with Gasteiger partial charge in [-0.05, 0) is 32.9 Å². The van der Waals surface area contributed by atoms with E-state index >= 15 is 0 Å². The van der Waals surface area contributed by atoms with Gasteiger partial charge < -0.3 is 4.90 Å². The smallest absolute Gasteiger partial charge is 0.223 e. The van der Waals surface area contributed by atoms with E-state index in [4.69, 9.17) is 0 Å². The molecule has 1 amide bonds. The number of hydrogen-bond donors (Lipinski definition) is 0. The molecule has 0 fully saturated rings. The van der Waals surface area contributed by atoms with Crippen LogP contribution in [0.2, 0.25) is 0 Å². The first kappa shape index (κ1) is 19.2. The van der Waals surface area contributed by atoms with Gasteiger partial charge in [0.2, 0.25) is 5.91 Å². The lowest BCUT2D eigenvalue weighted by Gasteiger charge is -2.16. The fraction of sp³-hybridized carbons (Fsp3) is 0.333. The van der Waals surface area contributed by atoms with Gasteiger partial charge in [0.25, 0.3) is 0 Å². The molecule has 0 aliphatic rings. The molecule has 27 heavy (non-hydrogen) atoms. The van der Waals surface area contributed by atoms with Gasteiger partial charge >= 0.3 is 0 Å². The van der Waals surface area contributed by atoms with E-state index in [1.165, 1.54) is 0 Å². The van der Waals surface area contributed by atoms with Crippen molar-refractivity contribution in [1.82, 2.24) is 14.9 Å². The van der Waals surface area contributed by atoms with E-state index in [0.29, 0.717) is 12.4 Å². The van der Waals surface area contributed by atoms with Crippen LogP contribution in [0.3, 0.4) is 0 Å². The quantitative estimate of drug-likeness (QED) is 0.599. The molecular formula is C21H23N3O2S. The van der Waals surface area contributed by atoms with Crippen molar-refractivity contribution >= 4 is 33.9 Å². The van der Waals surface area contributed by atoms with Gasteiger partial charge in [0, 0.05) is 46.3 Å². The number of aromatic nitrogens is 2. The summed E-state index contributed by atoms with van der Waals surface area (Å²) in [4.78, 5) is 37.6. The van der Waals surface area contributed by atoms with E-state index in [9.17, 15) is 9.59 Å². The molecule has 0 radical (unpaired) electrons. The number of ketones is 1. The van der Waals surface area contributed by atoms with Gasteiger partial charge in [-0.15, -0.1) is 11.3 Å². The van der Waals surface area contributed by atoms with E-state index in [1.807, 2.05) is 51.1 Å². The number of rotatable bonds is 6. The third-order valence-electron chi connectivity index (χ3n) is 4.55. The number of thiophene rings is 1. The zero-order valence-corrected chi connectivity index (χ0v) is 16.9. The highest BCUT2D eigenvalue weighted by Crippen LogP contribution is 2.22. The van der Waals surface area contributed by atoms with Crippen molar-refractivity contribution in [2.45, 2.75) is 40.2 Å². The van der Waals surface area contributed by atoms with E-state index in [0.717, 1.165) is 31.9 Å². The Hall–Kier alpha value is -2.60. The van der Waals surface area contributed by atoms with Gasteiger partial charge in [-0.25, -0.2) is 9.97 Å². The minimum atomic E-state index is -0.0811. The van der Waals surface area contributed by atoms with Crippen LogP contribution < -0.4 is 0 Å². The average molecular weight is 382 g/mol. The molecule has 2 aromatic heterocycles. The van der Waals surface area contributed by atoms with Crippen LogP contribution >= 0.6 is 11.3 Å². The van der Waals surface area contributed by atoms with Crippen LogP contribution in [-0.2, 0) is 11.3 Å². The maximum Gasteiger partial charge on any atom is 0.223 e. The molecule has 6 heteroatoms. The van der Waals surface area contributed by atoms with Crippen LogP contribution in [0.5, 0.6) is 0 Å². The molecule has 1 aromatic carbocycles. The first-order chi connectivity index (χ1) is 12.8. The van der Waals surface area contributed by atoms with Gasteiger partial charge in [0.1, 0.15) is 5.82 Å².